The molecule has 0 aromatic carbocycles. The Morgan fingerprint density at radius 1 is 0.957 bits per heavy atom. The van der Waals surface area contributed by atoms with Gasteiger partial charge in [0.2, 0.25) is 5.91 Å². The first-order valence-corrected chi connectivity index (χ1v) is 8.69. The maximum absolute atomic E-state index is 11.8. The summed E-state index contributed by atoms with van der Waals surface area (Å²) in [5.74, 6) is -0.0541. The molecular weight excluding hydrogens is 292 g/mol. The molecule has 0 aliphatic carbocycles. The minimum Gasteiger partial charge on any atom is -0.444 e. The molecule has 0 heterocycles. The molecule has 2 amide bonds. The number of alkyl carbamates (subject to hydrolysis) is 1. The van der Waals surface area contributed by atoms with Crippen LogP contribution in [0.2, 0.25) is 0 Å². The summed E-state index contributed by atoms with van der Waals surface area (Å²) in [5.41, 5.74) is 0.130. The van der Waals surface area contributed by atoms with Crippen molar-refractivity contribution in [3.63, 3.8) is 0 Å². The van der Waals surface area contributed by atoms with Gasteiger partial charge in [-0.05, 0) is 46.5 Å². The van der Waals surface area contributed by atoms with Gasteiger partial charge in [0, 0.05) is 18.7 Å². The maximum atomic E-state index is 11.8. The Hall–Kier alpha value is -1.52. The van der Waals surface area contributed by atoms with E-state index in [1.165, 1.54) is 12.8 Å². The summed E-state index contributed by atoms with van der Waals surface area (Å²) in [6.45, 7) is 12.7. The zero-order valence-corrected chi connectivity index (χ0v) is 15.3. The number of nitrogens with one attached hydrogen (secondary N) is 2. The van der Waals surface area contributed by atoms with Crippen LogP contribution in [0.15, 0.2) is 12.2 Å². The first-order chi connectivity index (χ1) is 10.8. The van der Waals surface area contributed by atoms with Gasteiger partial charge in [0.25, 0.3) is 0 Å². The van der Waals surface area contributed by atoms with E-state index < -0.39 is 11.7 Å². The van der Waals surface area contributed by atoms with Gasteiger partial charge in [-0.2, -0.15) is 0 Å². The molecule has 0 fully saturated rings. The fourth-order valence-corrected chi connectivity index (χ4v) is 1.96. The molecule has 0 aliphatic rings. The maximum Gasteiger partial charge on any atom is 0.407 e. The van der Waals surface area contributed by atoms with E-state index in [9.17, 15) is 9.59 Å². The average molecular weight is 326 g/mol. The summed E-state index contributed by atoms with van der Waals surface area (Å²) >= 11 is 0. The topological polar surface area (TPSA) is 67.4 Å². The number of unbranched alkanes of at least 4 members (excludes halogenated alkanes) is 4. The van der Waals surface area contributed by atoms with Crippen molar-refractivity contribution in [2.24, 2.45) is 0 Å². The van der Waals surface area contributed by atoms with Gasteiger partial charge >= 0.3 is 6.09 Å². The van der Waals surface area contributed by atoms with E-state index >= 15 is 0 Å². The second kappa shape index (κ2) is 12.0. The highest BCUT2D eigenvalue weighted by Gasteiger charge is 2.15. The van der Waals surface area contributed by atoms with Crippen molar-refractivity contribution in [3.8, 4) is 0 Å². The van der Waals surface area contributed by atoms with Gasteiger partial charge in [-0.25, -0.2) is 4.79 Å². The minimum absolute atomic E-state index is 0.0541. The Balaban J connectivity index is 3.62. The standard InChI is InChI=1S/C18H34N2O3/c1-6-7-8-10-13-19-16(21)15(2)12-9-11-14-20-17(22)23-18(3,4)5/h2,6-14H2,1,3-5H3,(H,19,21)(H,20,22). The number of carbonyl (C=O) groups excluding carboxylic acids is 2. The van der Waals surface area contributed by atoms with Crippen LogP contribution in [0.5, 0.6) is 0 Å². The van der Waals surface area contributed by atoms with Gasteiger partial charge < -0.3 is 15.4 Å². The van der Waals surface area contributed by atoms with E-state index in [1.807, 2.05) is 20.8 Å². The van der Waals surface area contributed by atoms with Crippen LogP contribution in [0.1, 0.15) is 72.6 Å². The van der Waals surface area contributed by atoms with E-state index in [0.29, 0.717) is 18.5 Å². The quantitative estimate of drug-likeness (QED) is 0.446. The van der Waals surface area contributed by atoms with Crippen molar-refractivity contribution in [1.29, 1.82) is 0 Å². The number of ether oxygens (including phenoxy) is 1. The molecule has 2 N–H and O–H groups in total. The SMILES string of the molecule is C=C(CCCCNC(=O)OC(C)(C)C)C(=O)NCCCCCC. The lowest BCUT2D eigenvalue weighted by molar-refractivity contribution is -0.117. The van der Waals surface area contributed by atoms with Crippen molar-refractivity contribution in [3.05, 3.63) is 12.2 Å². The van der Waals surface area contributed by atoms with Gasteiger partial charge in [0.1, 0.15) is 5.60 Å². The van der Waals surface area contributed by atoms with Crippen LogP contribution >= 0.6 is 0 Å². The van der Waals surface area contributed by atoms with Crippen LogP contribution in [0, 0.1) is 0 Å². The summed E-state index contributed by atoms with van der Waals surface area (Å²) in [6, 6.07) is 0. The molecule has 0 bridgehead atoms. The van der Waals surface area contributed by atoms with Crippen molar-refractivity contribution in [2.45, 2.75) is 78.2 Å². The molecule has 0 saturated heterocycles. The molecule has 5 heteroatoms. The molecule has 134 valence electrons. The Kier molecular flexibility index (Phi) is 11.2. The fraction of sp³-hybridized carbons (Fsp3) is 0.778. The Morgan fingerprint density at radius 2 is 1.57 bits per heavy atom. The van der Waals surface area contributed by atoms with Crippen LogP contribution < -0.4 is 10.6 Å². The second-order valence-electron chi connectivity index (χ2n) is 6.81. The Bertz CT molecular complexity index is 373. The number of rotatable bonds is 11. The van der Waals surface area contributed by atoms with Crippen molar-refractivity contribution in [1.82, 2.24) is 10.6 Å². The molecule has 0 rings (SSSR count). The Morgan fingerprint density at radius 3 is 2.17 bits per heavy atom. The van der Waals surface area contributed by atoms with Gasteiger partial charge in [-0.1, -0.05) is 32.8 Å². The number of hydrogen-bond donors (Lipinski definition) is 2. The predicted molar refractivity (Wildman–Crippen MR) is 94.4 cm³/mol. The van der Waals surface area contributed by atoms with E-state index in [2.05, 4.69) is 24.1 Å². The molecule has 5 nitrogen and oxygen atoms in total. The predicted octanol–water partition coefficient (Wildman–Crippen LogP) is 3.93. The lowest BCUT2D eigenvalue weighted by atomic mass is 10.1. The van der Waals surface area contributed by atoms with Crippen LogP contribution in [0.3, 0.4) is 0 Å². The first kappa shape index (κ1) is 21.5. The summed E-state index contributed by atoms with van der Waals surface area (Å²) in [6.07, 6.45) is 6.43. The van der Waals surface area contributed by atoms with E-state index in [4.69, 9.17) is 4.74 Å². The van der Waals surface area contributed by atoms with Crippen molar-refractivity contribution >= 4 is 12.0 Å². The third kappa shape index (κ3) is 13.8. The zero-order chi connectivity index (χ0) is 17.7. The van der Waals surface area contributed by atoms with Crippen LogP contribution in [0.4, 0.5) is 4.79 Å². The molecule has 0 saturated carbocycles. The average Bonchev–Trinajstić information content (AvgIpc) is 2.44. The van der Waals surface area contributed by atoms with Crippen molar-refractivity contribution < 1.29 is 14.3 Å². The third-order valence-electron chi connectivity index (χ3n) is 3.21. The summed E-state index contributed by atoms with van der Waals surface area (Å²) in [5, 5.41) is 5.60. The minimum atomic E-state index is -0.479. The summed E-state index contributed by atoms with van der Waals surface area (Å²) < 4.78 is 5.14. The molecule has 0 spiro atoms. The number of amides is 2. The molecule has 0 atom stereocenters. The molecule has 0 aromatic rings. The highest BCUT2D eigenvalue weighted by atomic mass is 16.6. The van der Waals surface area contributed by atoms with Gasteiger partial charge in [-0.15, -0.1) is 0 Å². The molecule has 0 unspecified atom stereocenters. The van der Waals surface area contributed by atoms with Crippen LogP contribution in [0.25, 0.3) is 0 Å². The fourth-order valence-electron chi connectivity index (χ4n) is 1.96. The van der Waals surface area contributed by atoms with Gasteiger partial charge in [0.05, 0.1) is 0 Å². The monoisotopic (exact) mass is 326 g/mol. The zero-order valence-electron chi connectivity index (χ0n) is 15.3. The van der Waals surface area contributed by atoms with Gasteiger partial charge in [0.15, 0.2) is 0 Å². The highest BCUT2D eigenvalue weighted by Crippen LogP contribution is 2.07. The largest absolute Gasteiger partial charge is 0.444 e. The van der Waals surface area contributed by atoms with E-state index in [-0.39, 0.29) is 5.91 Å². The molecule has 23 heavy (non-hydrogen) atoms. The molecular formula is C18H34N2O3. The normalized spacial score (nSPS) is 11.0. The summed E-state index contributed by atoms with van der Waals surface area (Å²) in [4.78, 5) is 23.2. The molecule has 0 aromatic heterocycles. The number of carbonyl (C=O) groups is 2. The van der Waals surface area contributed by atoms with Gasteiger partial charge in [-0.3, -0.25) is 4.79 Å². The van der Waals surface area contributed by atoms with Crippen LogP contribution in [-0.2, 0) is 9.53 Å². The smallest absolute Gasteiger partial charge is 0.407 e. The lowest BCUT2D eigenvalue weighted by Crippen LogP contribution is -2.33. The first-order valence-electron chi connectivity index (χ1n) is 8.69. The lowest BCUT2D eigenvalue weighted by Gasteiger charge is -2.19. The van der Waals surface area contributed by atoms with E-state index in [1.54, 1.807) is 0 Å². The van der Waals surface area contributed by atoms with E-state index in [0.717, 1.165) is 32.2 Å². The Labute approximate surface area is 141 Å². The summed E-state index contributed by atoms with van der Waals surface area (Å²) in [7, 11) is 0. The highest BCUT2D eigenvalue weighted by molar-refractivity contribution is 5.92. The third-order valence-corrected chi connectivity index (χ3v) is 3.21. The number of hydrogen-bond acceptors (Lipinski definition) is 3. The van der Waals surface area contributed by atoms with Crippen LogP contribution in [-0.4, -0.2) is 30.7 Å². The second-order valence-corrected chi connectivity index (χ2v) is 6.81. The van der Waals surface area contributed by atoms with Crippen molar-refractivity contribution in [2.75, 3.05) is 13.1 Å². The molecule has 0 radical (unpaired) electrons. The molecule has 0 aliphatic heterocycles.